The summed E-state index contributed by atoms with van der Waals surface area (Å²) in [5.41, 5.74) is 1.25. The number of carbonyl (C=O) groups excluding carboxylic acids is 2. The van der Waals surface area contributed by atoms with Crippen molar-refractivity contribution in [3.05, 3.63) is 101 Å². The predicted molar refractivity (Wildman–Crippen MR) is 143 cm³/mol. The van der Waals surface area contributed by atoms with Gasteiger partial charge in [0, 0.05) is 29.6 Å². The maximum atomic E-state index is 14.7. The zero-order valence-electron chi connectivity index (χ0n) is 20.7. The van der Waals surface area contributed by atoms with Gasteiger partial charge in [-0.1, -0.05) is 79.4 Å². The van der Waals surface area contributed by atoms with Crippen molar-refractivity contribution in [2.45, 2.75) is 57.2 Å². The maximum absolute atomic E-state index is 14.7. The SMILES string of the molecule is O=C(NC1CCCCC1)C(Cc1ccccc1)N(Cc1ccccc1F)C(=O)COc1ccc(Cl)cc1. The molecule has 1 saturated carbocycles. The maximum Gasteiger partial charge on any atom is 0.261 e. The van der Waals surface area contributed by atoms with Crippen LogP contribution in [0.3, 0.4) is 0 Å². The highest BCUT2D eigenvalue weighted by molar-refractivity contribution is 6.30. The molecule has 0 spiro atoms. The fourth-order valence-electron chi connectivity index (χ4n) is 4.67. The molecule has 0 heterocycles. The lowest BCUT2D eigenvalue weighted by molar-refractivity contribution is -0.143. The van der Waals surface area contributed by atoms with E-state index in [1.807, 2.05) is 30.3 Å². The van der Waals surface area contributed by atoms with Crippen molar-refractivity contribution >= 4 is 23.4 Å². The van der Waals surface area contributed by atoms with E-state index in [9.17, 15) is 14.0 Å². The van der Waals surface area contributed by atoms with Gasteiger partial charge in [0.15, 0.2) is 6.61 Å². The largest absolute Gasteiger partial charge is 0.484 e. The molecular formula is C30H32ClFN2O3. The van der Waals surface area contributed by atoms with Gasteiger partial charge in [0.2, 0.25) is 5.91 Å². The van der Waals surface area contributed by atoms with E-state index in [4.69, 9.17) is 16.3 Å². The van der Waals surface area contributed by atoms with Gasteiger partial charge in [0.1, 0.15) is 17.6 Å². The van der Waals surface area contributed by atoms with Gasteiger partial charge >= 0.3 is 0 Å². The first-order valence-electron chi connectivity index (χ1n) is 12.7. The van der Waals surface area contributed by atoms with Crippen molar-refractivity contribution in [3.63, 3.8) is 0 Å². The molecule has 0 aromatic heterocycles. The Morgan fingerprint density at radius 3 is 2.32 bits per heavy atom. The topological polar surface area (TPSA) is 58.6 Å². The molecule has 0 radical (unpaired) electrons. The average molecular weight is 523 g/mol. The zero-order valence-corrected chi connectivity index (χ0v) is 21.5. The number of benzene rings is 3. The second-order valence-electron chi connectivity index (χ2n) is 9.40. The number of nitrogens with zero attached hydrogens (tertiary/aromatic N) is 1. The second-order valence-corrected chi connectivity index (χ2v) is 9.84. The summed E-state index contributed by atoms with van der Waals surface area (Å²) in [6, 6.07) is 21.8. The van der Waals surface area contributed by atoms with E-state index in [0.717, 1.165) is 31.2 Å². The third-order valence-corrected chi connectivity index (χ3v) is 6.95. The monoisotopic (exact) mass is 522 g/mol. The van der Waals surface area contributed by atoms with Gasteiger partial charge in [0.25, 0.3) is 5.91 Å². The van der Waals surface area contributed by atoms with Crippen LogP contribution in [-0.2, 0) is 22.6 Å². The number of hydrogen-bond acceptors (Lipinski definition) is 3. The molecule has 0 bridgehead atoms. The van der Waals surface area contributed by atoms with Crippen LogP contribution in [0.25, 0.3) is 0 Å². The first-order chi connectivity index (χ1) is 18.0. The molecule has 0 saturated heterocycles. The van der Waals surface area contributed by atoms with Crippen LogP contribution >= 0.6 is 11.6 Å². The summed E-state index contributed by atoms with van der Waals surface area (Å²) in [5.74, 6) is -0.579. The zero-order chi connectivity index (χ0) is 26.0. The van der Waals surface area contributed by atoms with Crippen LogP contribution in [0.4, 0.5) is 4.39 Å². The molecule has 1 N–H and O–H groups in total. The molecular weight excluding hydrogens is 491 g/mol. The van der Waals surface area contributed by atoms with Gasteiger partial charge in [-0.15, -0.1) is 0 Å². The first kappa shape index (κ1) is 26.7. The minimum atomic E-state index is -0.828. The minimum Gasteiger partial charge on any atom is -0.484 e. The lowest BCUT2D eigenvalue weighted by Crippen LogP contribution is -2.53. The third kappa shape index (κ3) is 7.80. The summed E-state index contributed by atoms with van der Waals surface area (Å²) >= 11 is 5.95. The van der Waals surface area contributed by atoms with Gasteiger partial charge in [-0.25, -0.2) is 4.39 Å². The molecule has 1 unspecified atom stereocenters. The average Bonchev–Trinajstić information content (AvgIpc) is 2.92. The Morgan fingerprint density at radius 2 is 1.62 bits per heavy atom. The Labute approximate surface area is 222 Å². The van der Waals surface area contributed by atoms with E-state index in [1.165, 1.54) is 17.4 Å². The quantitative estimate of drug-likeness (QED) is 0.358. The Kier molecular flexibility index (Phi) is 9.55. The number of amides is 2. The van der Waals surface area contributed by atoms with Crippen LogP contribution in [0.5, 0.6) is 5.75 Å². The van der Waals surface area contributed by atoms with Gasteiger partial charge in [-0.05, 0) is 48.7 Å². The number of hydrogen-bond donors (Lipinski definition) is 1. The number of carbonyl (C=O) groups is 2. The van der Waals surface area contributed by atoms with Gasteiger partial charge in [0.05, 0.1) is 0 Å². The summed E-state index contributed by atoms with van der Waals surface area (Å²) < 4.78 is 20.4. The summed E-state index contributed by atoms with van der Waals surface area (Å²) in [4.78, 5) is 28.7. The van der Waals surface area contributed by atoms with Gasteiger partial charge < -0.3 is 15.0 Å². The molecule has 3 aromatic carbocycles. The number of halogens is 2. The third-order valence-electron chi connectivity index (χ3n) is 6.70. The highest BCUT2D eigenvalue weighted by Gasteiger charge is 2.32. The molecule has 1 aliphatic rings. The number of rotatable bonds is 10. The van der Waals surface area contributed by atoms with E-state index < -0.39 is 17.8 Å². The molecule has 7 heteroatoms. The Balaban J connectivity index is 1.61. The Bertz CT molecular complexity index is 1170. The Morgan fingerprint density at radius 1 is 0.946 bits per heavy atom. The van der Waals surface area contributed by atoms with Gasteiger partial charge in [-0.3, -0.25) is 9.59 Å². The molecule has 1 fully saturated rings. The predicted octanol–water partition coefficient (Wildman–Crippen LogP) is 5.95. The van der Waals surface area contributed by atoms with Crippen LogP contribution in [-0.4, -0.2) is 35.4 Å². The molecule has 0 aliphatic heterocycles. The van der Waals surface area contributed by atoms with Crippen molar-refractivity contribution in [2.75, 3.05) is 6.61 Å². The van der Waals surface area contributed by atoms with Crippen LogP contribution in [0.1, 0.15) is 43.2 Å². The molecule has 37 heavy (non-hydrogen) atoms. The van der Waals surface area contributed by atoms with Crippen molar-refractivity contribution in [1.29, 1.82) is 0 Å². The van der Waals surface area contributed by atoms with E-state index in [1.54, 1.807) is 42.5 Å². The van der Waals surface area contributed by atoms with Crippen molar-refractivity contribution in [2.24, 2.45) is 0 Å². The van der Waals surface area contributed by atoms with Gasteiger partial charge in [-0.2, -0.15) is 0 Å². The van der Waals surface area contributed by atoms with Crippen LogP contribution in [0, 0.1) is 5.82 Å². The fraction of sp³-hybridized carbons (Fsp3) is 0.333. The lowest BCUT2D eigenvalue weighted by atomic mass is 9.94. The standard InChI is InChI=1S/C30H32ClFN2O3/c31-24-15-17-26(18-16-24)37-21-29(35)34(20-23-11-7-8-14-27(23)32)28(19-22-9-3-1-4-10-22)30(36)33-25-12-5-2-6-13-25/h1,3-4,7-11,14-18,25,28H,2,5-6,12-13,19-21H2,(H,33,36). The van der Waals surface area contributed by atoms with E-state index in [-0.39, 0.29) is 25.1 Å². The molecule has 1 atom stereocenters. The first-order valence-corrected chi connectivity index (χ1v) is 13.1. The highest BCUT2D eigenvalue weighted by Crippen LogP contribution is 2.21. The number of ether oxygens (including phenoxy) is 1. The normalized spacial score (nSPS) is 14.5. The van der Waals surface area contributed by atoms with E-state index in [0.29, 0.717) is 22.8 Å². The molecule has 2 amide bonds. The molecule has 194 valence electrons. The van der Waals surface area contributed by atoms with Crippen LogP contribution in [0.15, 0.2) is 78.9 Å². The molecule has 1 aliphatic carbocycles. The summed E-state index contributed by atoms with van der Waals surface area (Å²) in [6.07, 6.45) is 5.46. The molecule has 5 nitrogen and oxygen atoms in total. The number of nitrogens with one attached hydrogen (secondary N) is 1. The summed E-state index contributed by atoms with van der Waals surface area (Å²) in [6.45, 7) is -0.344. The minimum absolute atomic E-state index is 0.0505. The van der Waals surface area contributed by atoms with Crippen molar-refractivity contribution in [3.8, 4) is 5.75 Å². The van der Waals surface area contributed by atoms with Crippen LogP contribution < -0.4 is 10.1 Å². The fourth-order valence-corrected chi connectivity index (χ4v) is 4.79. The van der Waals surface area contributed by atoms with E-state index >= 15 is 0 Å². The molecule has 3 aromatic rings. The Hall–Kier alpha value is -3.38. The summed E-state index contributed by atoms with van der Waals surface area (Å²) in [5, 5.41) is 3.73. The lowest BCUT2D eigenvalue weighted by Gasteiger charge is -2.33. The van der Waals surface area contributed by atoms with Crippen LogP contribution in [0.2, 0.25) is 5.02 Å². The molecule has 4 rings (SSSR count). The second kappa shape index (κ2) is 13.2. The van der Waals surface area contributed by atoms with Crippen molar-refractivity contribution < 1.29 is 18.7 Å². The van der Waals surface area contributed by atoms with Crippen molar-refractivity contribution in [1.82, 2.24) is 10.2 Å². The highest BCUT2D eigenvalue weighted by atomic mass is 35.5. The summed E-state index contributed by atoms with van der Waals surface area (Å²) in [7, 11) is 0. The van der Waals surface area contributed by atoms with E-state index in [2.05, 4.69) is 5.32 Å². The smallest absolute Gasteiger partial charge is 0.261 e.